The van der Waals surface area contributed by atoms with Crippen molar-refractivity contribution >= 4 is 21.6 Å². The van der Waals surface area contributed by atoms with Crippen LogP contribution in [0.15, 0.2) is 29.2 Å². The summed E-state index contributed by atoms with van der Waals surface area (Å²) in [6, 6.07) is 5.88. The number of carbonyl (C=O) groups is 1. The molecule has 0 aromatic heterocycles. The number of hydrogen-bond donors (Lipinski definition) is 2. The largest absolute Gasteiger partial charge is 0.375 e. The molecule has 0 radical (unpaired) electrons. The van der Waals surface area contributed by atoms with E-state index in [2.05, 4.69) is 10.1 Å². The number of sulfonamides is 1. The quantitative estimate of drug-likeness (QED) is 0.773. The van der Waals surface area contributed by atoms with Gasteiger partial charge in [0.1, 0.15) is 11.5 Å². The zero-order valence-corrected chi connectivity index (χ0v) is 9.45. The molecule has 0 saturated carbocycles. The Hall–Kier alpha value is -1.44. The molecule has 0 aliphatic rings. The molecular formula is C9H12N2O4S. The van der Waals surface area contributed by atoms with Gasteiger partial charge in [0, 0.05) is 7.11 Å². The highest BCUT2D eigenvalue weighted by Gasteiger charge is 2.14. The SMILES string of the molecule is COCC(=O)Nc1ccccc1S(N)(=O)=O. The number of primary sulfonamides is 1. The number of hydrogen-bond acceptors (Lipinski definition) is 4. The Labute approximate surface area is 93.5 Å². The average molecular weight is 244 g/mol. The fourth-order valence-corrected chi connectivity index (χ4v) is 1.83. The third-order valence-electron chi connectivity index (χ3n) is 1.74. The zero-order chi connectivity index (χ0) is 12.2. The van der Waals surface area contributed by atoms with Crippen LogP contribution >= 0.6 is 0 Å². The lowest BCUT2D eigenvalue weighted by Crippen LogP contribution is -2.20. The summed E-state index contributed by atoms with van der Waals surface area (Å²) in [7, 11) is -2.48. The lowest BCUT2D eigenvalue weighted by atomic mass is 10.3. The second-order valence-electron chi connectivity index (χ2n) is 3.02. The number of methoxy groups -OCH3 is 1. The van der Waals surface area contributed by atoms with Gasteiger partial charge in [0.05, 0.1) is 5.69 Å². The van der Waals surface area contributed by atoms with Crippen molar-refractivity contribution in [3.63, 3.8) is 0 Å². The standard InChI is InChI=1S/C9H12N2O4S/c1-15-6-9(12)11-7-4-2-3-5-8(7)16(10,13)14/h2-5H,6H2,1H3,(H,11,12)(H2,10,13,14). The fourth-order valence-electron chi connectivity index (χ4n) is 1.14. The van der Waals surface area contributed by atoms with Crippen LogP contribution in [0.25, 0.3) is 0 Å². The predicted molar refractivity (Wildman–Crippen MR) is 58.3 cm³/mol. The van der Waals surface area contributed by atoms with Gasteiger partial charge in [-0.2, -0.15) is 0 Å². The molecule has 6 nitrogen and oxygen atoms in total. The molecule has 0 unspecified atom stereocenters. The molecule has 0 aliphatic heterocycles. The fraction of sp³-hybridized carbons (Fsp3) is 0.222. The average Bonchev–Trinajstić information content (AvgIpc) is 2.17. The Morgan fingerprint density at radius 2 is 2.06 bits per heavy atom. The van der Waals surface area contributed by atoms with E-state index in [1.165, 1.54) is 25.3 Å². The third-order valence-corrected chi connectivity index (χ3v) is 2.71. The van der Waals surface area contributed by atoms with Crippen molar-refractivity contribution in [2.24, 2.45) is 5.14 Å². The summed E-state index contributed by atoms with van der Waals surface area (Å²) in [5.74, 6) is -0.446. The van der Waals surface area contributed by atoms with Gasteiger partial charge in [0.15, 0.2) is 0 Å². The van der Waals surface area contributed by atoms with Gasteiger partial charge in [-0.05, 0) is 12.1 Å². The first kappa shape index (κ1) is 12.6. The van der Waals surface area contributed by atoms with Crippen LogP contribution in [0.3, 0.4) is 0 Å². The second-order valence-corrected chi connectivity index (χ2v) is 4.55. The van der Waals surface area contributed by atoms with Gasteiger partial charge in [-0.3, -0.25) is 4.79 Å². The van der Waals surface area contributed by atoms with Crippen LogP contribution in [0.4, 0.5) is 5.69 Å². The van der Waals surface area contributed by atoms with Gasteiger partial charge < -0.3 is 10.1 Å². The molecule has 1 rings (SSSR count). The molecule has 0 fully saturated rings. The first-order chi connectivity index (χ1) is 7.45. The van der Waals surface area contributed by atoms with E-state index >= 15 is 0 Å². The summed E-state index contributed by atoms with van der Waals surface area (Å²) >= 11 is 0. The third kappa shape index (κ3) is 3.30. The number of nitrogens with one attached hydrogen (secondary N) is 1. The normalized spacial score (nSPS) is 11.1. The maximum absolute atomic E-state index is 11.2. The second kappa shape index (κ2) is 5.06. The van der Waals surface area contributed by atoms with Crippen LogP contribution < -0.4 is 10.5 Å². The van der Waals surface area contributed by atoms with E-state index in [4.69, 9.17) is 5.14 Å². The lowest BCUT2D eigenvalue weighted by Gasteiger charge is -2.08. The minimum absolute atomic E-state index is 0.126. The Morgan fingerprint density at radius 1 is 1.44 bits per heavy atom. The summed E-state index contributed by atoms with van der Waals surface area (Å²) in [4.78, 5) is 11.1. The number of para-hydroxylation sites is 1. The van der Waals surface area contributed by atoms with Crippen LogP contribution in [0.1, 0.15) is 0 Å². The molecule has 0 spiro atoms. The molecule has 0 bridgehead atoms. The summed E-state index contributed by atoms with van der Waals surface area (Å²) in [6.45, 7) is -0.154. The molecule has 0 atom stereocenters. The van der Waals surface area contributed by atoms with E-state index < -0.39 is 15.9 Å². The minimum Gasteiger partial charge on any atom is -0.375 e. The van der Waals surface area contributed by atoms with Gasteiger partial charge in [-0.1, -0.05) is 12.1 Å². The van der Waals surface area contributed by atoms with Crippen molar-refractivity contribution in [2.75, 3.05) is 19.0 Å². The highest BCUT2D eigenvalue weighted by atomic mass is 32.2. The molecule has 1 aromatic rings. The van der Waals surface area contributed by atoms with Crippen molar-refractivity contribution < 1.29 is 17.9 Å². The molecule has 0 saturated heterocycles. The smallest absolute Gasteiger partial charge is 0.250 e. The summed E-state index contributed by atoms with van der Waals surface area (Å²) in [5, 5.41) is 7.39. The molecular weight excluding hydrogens is 232 g/mol. The number of amides is 1. The Balaban J connectivity index is 3.01. The number of ether oxygens (including phenoxy) is 1. The molecule has 3 N–H and O–H groups in total. The van der Waals surface area contributed by atoms with Crippen molar-refractivity contribution in [2.45, 2.75) is 4.90 Å². The highest BCUT2D eigenvalue weighted by Crippen LogP contribution is 2.18. The minimum atomic E-state index is -3.85. The topological polar surface area (TPSA) is 98.5 Å². The van der Waals surface area contributed by atoms with Gasteiger partial charge in [-0.15, -0.1) is 0 Å². The first-order valence-electron chi connectivity index (χ1n) is 4.36. The van der Waals surface area contributed by atoms with E-state index in [0.29, 0.717) is 0 Å². The van der Waals surface area contributed by atoms with Crippen LogP contribution in [-0.4, -0.2) is 28.0 Å². The van der Waals surface area contributed by atoms with Crippen molar-refractivity contribution in [3.8, 4) is 0 Å². The number of rotatable bonds is 4. The van der Waals surface area contributed by atoms with Gasteiger partial charge in [0.25, 0.3) is 0 Å². The van der Waals surface area contributed by atoms with Crippen molar-refractivity contribution in [1.29, 1.82) is 0 Å². The van der Waals surface area contributed by atoms with Crippen LogP contribution in [0, 0.1) is 0 Å². The monoisotopic (exact) mass is 244 g/mol. The highest BCUT2D eigenvalue weighted by molar-refractivity contribution is 7.89. The van der Waals surface area contributed by atoms with Gasteiger partial charge >= 0.3 is 0 Å². The summed E-state index contributed by atoms with van der Waals surface area (Å²) in [5.41, 5.74) is 0.145. The van der Waals surface area contributed by atoms with E-state index in [0.717, 1.165) is 0 Å². The van der Waals surface area contributed by atoms with E-state index in [-0.39, 0.29) is 17.2 Å². The van der Waals surface area contributed by atoms with Crippen LogP contribution in [0.2, 0.25) is 0 Å². The number of carbonyl (C=O) groups excluding carboxylic acids is 1. The maximum atomic E-state index is 11.2. The number of nitrogens with two attached hydrogens (primary N) is 1. The van der Waals surface area contributed by atoms with Crippen molar-refractivity contribution in [3.05, 3.63) is 24.3 Å². The number of anilines is 1. The van der Waals surface area contributed by atoms with E-state index in [1.54, 1.807) is 6.07 Å². The van der Waals surface area contributed by atoms with Crippen LogP contribution in [0.5, 0.6) is 0 Å². The molecule has 0 aliphatic carbocycles. The lowest BCUT2D eigenvalue weighted by molar-refractivity contribution is -0.119. The Morgan fingerprint density at radius 3 is 2.62 bits per heavy atom. The van der Waals surface area contributed by atoms with Gasteiger partial charge in [0.2, 0.25) is 15.9 Å². The Kier molecular flexibility index (Phi) is 3.99. The molecule has 1 amide bonds. The number of benzene rings is 1. The maximum Gasteiger partial charge on any atom is 0.250 e. The van der Waals surface area contributed by atoms with Crippen LogP contribution in [-0.2, 0) is 19.6 Å². The van der Waals surface area contributed by atoms with E-state index in [9.17, 15) is 13.2 Å². The molecule has 16 heavy (non-hydrogen) atoms. The summed E-state index contributed by atoms with van der Waals surface area (Å²) < 4.78 is 27.0. The molecule has 0 heterocycles. The molecule has 88 valence electrons. The zero-order valence-electron chi connectivity index (χ0n) is 8.64. The van der Waals surface area contributed by atoms with E-state index in [1.807, 2.05) is 0 Å². The Bertz CT molecular complexity index is 484. The van der Waals surface area contributed by atoms with Gasteiger partial charge in [-0.25, -0.2) is 13.6 Å². The summed E-state index contributed by atoms with van der Waals surface area (Å²) in [6.07, 6.45) is 0. The first-order valence-corrected chi connectivity index (χ1v) is 5.90. The molecule has 1 aromatic carbocycles. The molecule has 7 heteroatoms. The predicted octanol–water partition coefficient (Wildman–Crippen LogP) is -0.0811. The van der Waals surface area contributed by atoms with Crippen molar-refractivity contribution in [1.82, 2.24) is 0 Å².